The monoisotopic (exact) mass is 221 g/mol. The zero-order valence-electron chi connectivity index (χ0n) is 9.63. The molecule has 0 spiro atoms. The van der Waals surface area contributed by atoms with Crippen molar-refractivity contribution >= 4 is 11.4 Å². The van der Waals surface area contributed by atoms with Crippen LogP contribution in [0.2, 0.25) is 0 Å². The maximum Gasteiger partial charge on any atom is 0.0837 e. The zero-order valence-corrected chi connectivity index (χ0v) is 9.63. The van der Waals surface area contributed by atoms with Gasteiger partial charge >= 0.3 is 0 Å². The SMILES string of the molecule is CN1CCN(CC(O)CN)c2ccccc21. The Labute approximate surface area is 96.3 Å². The lowest BCUT2D eigenvalue weighted by molar-refractivity contribution is 0.188. The van der Waals surface area contributed by atoms with Crippen LogP contribution < -0.4 is 15.5 Å². The lowest BCUT2D eigenvalue weighted by Crippen LogP contribution is -2.44. The average molecular weight is 221 g/mol. The van der Waals surface area contributed by atoms with E-state index < -0.39 is 6.10 Å². The van der Waals surface area contributed by atoms with Gasteiger partial charge in [0.1, 0.15) is 0 Å². The predicted molar refractivity (Wildman–Crippen MR) is 67.0 cm³/mol. The summed E-state index contributed by atoms with van der Waals surface area (Å²) in [5.74, 6) is 0. The van der Waals surface area contributed by atoms with Gasteiger partial charge in [0, 0.05) is 33.2 Å². The number of aliphatic hydroxyl groups excluding tert-OH is 1. The normalized spacial score (nSPS) is 17.2. The molecule has 3 N–H and O–H groups in total. The summed E-state index contributed by atoms with van der Waals surface area (Å²) in [4.78, 5) is 4.44. The Balaban J connectivity index is 2.21. The first-order valence-electron chi connectivity index (χ1n) is 5.65. The molecule has 0 aromatic heterocycles. The summed E-state index contributed by atoms with van der Waals surface area (Å²) in [6.45, 7) is 2.84. The van der Waals surface area contributed by atoms with Crippen molar-refractivity contribution in [3.8, 4) is 0 Å². The molecule has 1 aliphatic heterocycles. The number of hydrogen-bond donors (Lipinski definition) is 2. The van der Waals surface area contributed by atoms with Gasteiger partial charge in [-0.2, -0.15) is 0 Å². The third-order valence-electron chi connectivity index (χ3n) is 3.04. The molecule has 0 fully saturated rings. The van der Waals surface area contributed by atoms with Crippen LogP contribution in [-0.2, 0) is 0 Å². The second-order valence-electron chi connectivity index (χ2n) is 4.25. The van der Waals surface area contributed by atoms with E-state index in [1.54, 1.807) is 0 Å². The van der Waals surface area contributed by atoms with Crippen molar-refractivity contribution in [1.29, 1.82) is 0 Å². The summed E-state index contributed by atoms with van der Waals surface area (Å²) < 4.78 is 0. The number of fused-ring (bicyclic) bond motifs is 1. The van der Waals surface area contributed by atoms with Crippen LogP contribution in [0.1, 0.15) is 0 Å². The van der Waals surface area contributed by atoms with Crippen LogP contribution >= 0.6 is 0 Å². The Morgan fingerprint density at radius 2 is 2.00 bits per heavy atom. The fourth-order valence-corrected chi connectivity index (χ4v) is 2.08. The molecule has 4 nitrogen and oxygen atoms in total. The molecule has 1 unspecified atom stereocenters. The second kappa shape index (κ2) is 4.72. The van der Waals surface area contributed by atoms with Gasteiger partial charge in [-0.1, -0.05) is 12.1 Å². The van der Waals surface area contributed by atoms with Crippen molar-refractivity contribution in [2.75, 3.05) is 43.0 Å². The number of nitrogens with two attached hydrogens (primary N) is 1. The quantitative estimate of drug-likeness (QED) is 0.769. The minimum atomic E-state index is -0.448. The van der Waals surface area contributed by atoms with Crippen LogP contribution in [0.4, 0.5) is 11.4 Å². The maximum atomic E-state index is 9.62. The zero-order chi connectivity index (χ0) is 11.5. The van der Waals surface area contributed by atoms with Crippen molar-refractivity contribution in [3.05, 3.63) is 24.3 Å². The molecule has 16 heavy (non-hydrogen) atoms. The van der Waals surface area contributed by atoms with E-state index in [2.05, 4.69) is 29.0 Å². The number of nitrogens with zero attached hydrogens (tertiary/aromatic N) is 2. The van der Waals surface area contributed by atoms with Crippen LogP contribution in [0.25, 0.3) is 0 Å². The fraction of sp³-hybridized carbons (Fsp3) is 0.500. The largest absolute Gasteiger partial charge is 0.390 e. The predicted octanol–water partition coefficient (Wildman–Crippen LogP) is 0.262. The molecular weight excluding hydrogens is 202 g/mol. The molecule has 0 saturated carbocycles. The highest BCUT2D eigenvalue weighted by molar-refractivity contribution is 5.73. The third kappa shape index (κ3) is 2.13. The lowest BCUT2D eigenvalue weighted by Gasteiger charge is -2.37. The Morgan fingerprint density at radius 3 is 2.69 bits per heavy atom. The Bertz CT molecular complexity index is 356. The molecule has 1 aromatic carbocycles. The number of para-hydroxylation sites is 2. The average Bonchev–Trinajstić information content (AvgIpc) is 2.33. The maximum absolute atomic E-state index is 9.62. The molecule has 2 rings (SSSR count). The molecule has 1 heterocycles. The smallest absolute Gasteiger partial charge is 0.0837 e. The number of β-amino-alcohol motifs (C(OH)–C–C–N with tert-alkyl or cyclic N) is 1. The Morgan fingerprint density at radius 1 is 1.31 bits per heavy atom. The van der Waals surface area contributed by atoms with Crippen LogP contribution in [0.5, 0.6) is 0 Å². The summed E-state index contributed by atoms with van der Waals surface area (Å²) in [5, 5.41) is 9.62. The van der Waals surface area contributed by atoms with Crippen molar-refractivity contribution in [1.82, 2.24) is 0 Å². The van der Waals surface area contributed by atoms with E-state index in [0.29, 0.717) is 13.1 Å². The number of likely N-dealkylation sites (N-methyl/N-ethyl adjacent to an activating group) is 1. The van der Waals surface area contributed by atoms with Gasteiger partial charge in [0.05, 0.1) is 17.5 Å². The van der Waals surface area contributed by atoms with E-state index in [4.69, 9.17) is 5.73 Å². The second-order valence-corrected chi connectivity index (χ2v) is 4.25. The van der Waals surface area contributed by atoms with Gasteiger partial charge in [-0.05, 0) is 12.1 Å². The molecule has 1 aliphatic rings. The Kier molecular flexibility index (Phi) is 3.31. The van der Waals surface area contributed by atoms with Gasteiger partial charge in [0.25, 0.3) is 0 Å². The fourth-order valence-electron chi connectivity index (χ4n) is 2.08. The first kappa shape index (κ1) is 11.2. The van der Waals surface area contributed by atoms with Gasteiger partial charge in [-0.3, -0.25) is 0 Å². The molecule has 1 atom stereocenters. The summed E-state index contributed by atoms with van der Waals surface area (Å²) in [7, 11) is 2.09. The van der Waals surface area contributed by atoms with Gasteiger partial charge in [-0.15, -0.1) is 0 Å². The topological polar surface area (TPSA) is 52.7 Å². The van der Waals surface area contributed by atoms with Gasteiger partial charge in [0.15, 0.2) is 0 Å². The third-order valence-corrected chi connectivity index (χ3v) is 3.04. The molecular formula is C12H19N3O. The first-order valence-corrected chi connectivity index (χ1v) is 5.65. The van der Waals surface area contributed by atoms with Crippen LogP contribution in [0, 0.1) is 0 Å². The minimum absolute atomic E-state index is 0.314. The summed E-state index contributed by atoms with van der Waals surface area (Å²) in [5.41, 5.74) is 7.85. The van der Waals surface area contributed by atoms with Crippen molar-refractivity contribution in [2.24, 2.45) is 5.73 Å². The molecule has 1 aromatic rings. The van der Waals surface area contributed by atoms with Crippen molar-refractivity contribution in [2.45, 2.75) is 6.10 Å². The van der Waals surface area contributed by atoms with Crippen LogP contribution in [0.15, 0.2) is 24.3 Å². The van der Waals surface area contributed by atoms with Crippen LogP contribution in [0.3, 0.4) is 0 Å². The van der Waals surface area contributed by atoms with E-state index >= 15 is 0 Å². The first-order chi connectivity index (χ1) is 7.72. The van der Waals surface area contributed by atoms with Crippen molar-refractivity contribution in [3.63, 3.8) is 0 Å². The number of rotatable bonds is 3. The summed E-state index contributed by atoms with van der Waals surface area (Å²) in [6.07, 6.45) is -0.448. The summed E-state index contributed by atoms with van der Waals surface area (Å²) in [6, 6.07) is 8.27. The van der Waals surface area contributed by atoms with E-state index in [9.17, 15) is 5.11 Å². The van der Waals surface area contributed by atoms with E-state index in [0.717, 1.165) is 13.1 Å². The summed E-state index contributed by atoms with van der Waals surface area (Å²) >= 11 is 0. The van der Waals surface area contributed by atoms with Crippen molar-refractivity contribution < 1.29 is 5.11 Å². The van der Waals surface area contributed by atoms with E-state index in [1.807, 2.05) is 12.1 Å². The van der Waals surface area contributed by atoms with Gasteiger partial charge in [-0.25, -0.2) is 0 Å². The van der Waals surface area contributed by atoms with E-state index in [-0.39, 0.29) is 0 Å². The highest BCUT2D eigenvalue weighted by Crippen LogP contribution is 2.31. The molecule has 0 bridgehead atoms. The highest BCUT2D eigenvalue weighted by Gasteiger charge is 2.20. The number of aliphatic hydroxyl groups is 1. The molecule has 4 heteroatoms. The highest BCUT2D eigenvalue weighted by atomic mass is 16.3. The Hall–Kier alpha value is -1.26. The number of anilines is 2. The minimum Gasteiger partial charge on any atom is -0.390 e. The standard InChI is InChI=1S/C12H19N3O/c1-14-6-7-15(9-10(16)8-13)12-5-3-2-4-11(12)14/h2-5,10,16H,6-9,13H2,1H3. The van der Waals surface area contributed by atoms with Gasteiger partial charge in [0.2, 0.25) is 0 Å². The molecule has 0 amide bonds. The van der Waals surface area contributed by atoms with Gasteiger partial charge < -0.3 is 20.6 Å². The van der Waals surface area contributed by atoms with E-state index in [1.165, 1.54) is 11.4 Å². The molecule has 0 aliphatic carbocycles. The molecule has 0 radical (unpaired) electrons. The molecule has 0 saturated heterocycles. The lowest BCUT2D eigenvalue weighted by atomic mass is 10.1. The molecule has 88 valence electrons. The van der Waals surface area contributed by atoms with Crippen LogP contribution in [-0.4, -0.2) is 44.4 Å². The number of benzene rings is 1. The number of hydrogen-bond acceptors (Lipinski definition) is 4.